The zero-order chi connectivity index (χ0) is 17.6. The molecule has 0 bridgehead atoms. The molecule has 4 aromatic heterocycles. The number of imidazole rings is 1. The van der Waals surface area contributed by atoms with Crippen molar-refractivity contribution in [3.8, 4) is 17.3 Å². The average molecular weight is 357 g/mol. The average Bonchev–Trinajstić information content (AvgIpc) is 3.11. The summed E-state index contributed by atoms with van der Waals surface area (Å²) in [4.78, 5) is 8.65. The predicted molar refractivity (Wildman–Crippen MR) is 96.0 cm³/mol. The molecule has 0 saturated carbocycles. The monoisotopic (exact) mass is 356 g/mol. The highest BCUT2D eigenvalue weighted by Gasteiger charge is 2.20. The third kappa shape index (κ3) is 2.93. The van der Waals surface area contributed by atoms with Crippen LogP contribution in [-0.2, 0) is 0 Å². The molecule has 0 aliphatic carbocycles. The lowest BCUT2D eigenvalue weighted by Crippen LogP contribution is -2.17. The van der Waals surface area contributed by atoms with Gasteiger partial charge in [0.05, 0.1) is 12.0 Å². The lowest BCUT2D eigenvalue weighted by Gasteiger charge is -2.18. The number of nitrogens with zero attached hydrogens (tertiary/aromatic N) is 4. The molecule has 0 radical (unpaired) electrons. The van der Waals surface area contributed by atoms with Crippen molar-refractivity contribution in [2.24, 2.45) is 5.41 Å². The minimum atomic E-state index is 0.0330. The molecule has 0 unspecified atom stereocenters. The van der Waals surface area contributed by atoms with E-state index < -0.39 is 0 Å². The number of hydrogen-bond donors (Lipinski definition) is 0. The lowest BCUT2D eigenvalue weighted by molar-refractivity contribution is 0.193. The molecule has 6 nitrogen and oxygen atoms in total. The third-order valence-electron chi connectivity index (χ3n) is 3.63. The maximum Gasteiger partial charge on any atom is 0.224 e. The maximum absolute atomic E-state index is 6.31. The van der Waals surface area contributed by atoms with Gasteiger partial charge in [-0.05, 0) is 23.6 Å². The van der Waals surface area contributed by atoms with Gasteiger partial charge < -0.3 is 9.15 Å². The summed E-state index contributed by atoms with van der Waals surface area (Å²) in [6, 6.07) is 7.31. The van der Waals surface area contributed by atoms with E-state index in [-0.39, 0.29) is 5.41 Å². The predicted octanol–water partition coefficient (Wildman–Crippen LogP) is 4.62. The highest BCUT2D eigenvalue weighted by atomic mass is 35.5. The Hall–Kier alpha value is -2.60. The number of hydrogen-bond acceptors (Lipinski definition) is 5. The summed E-state index contributed by atoms with van der Waals surface area (Å²) in [5.74, 6) is 1.11. The quantitative estimate of drug-likeness (QED) is 0.536. The molecular weight excluding hydrogens is 340 g/mol. The molecule has 0 aromatic carbocycles. The number of rotatable bonds is 3. The van der Waals surface area contributed by atoms with Gasteiger partial charge in [0.25, 0.3) is 0 Å². The molecule has 4 heterocycles. The Morgan fingerprint density at radius 2 is 2.08 bits per heavy atom. The standard InChI is InChI=1S/C18H17ClN4O2/c1-18(2,3)10-24-17-11-9-13(25-12(11)6-8-20-17)15-16(19)22-14-5-4-7-21-23(14)15/h4-9H,10H2,1-3H3. The van der Waals surface area contributed by atoms with Gasteiger partial charge in [-0.1, -0.05) is 32.4 Å². The first-order valence-electron chi connectivity index (χ1n) is 7.93. The Morgan fingerprint density at radius 3 is 2.88 bits per heavy atom. The highest BCUT2D eigenvalue weighted by molar-refractivity contribution is 6.32. The topological polar surface area (TPSA) is 65.5 Å². The number of pyridine rings is 1. The van der Waals surface area contributed by atoms with Crippen molar-refractivity contribution in [1.29, 1.82) is 0 Å². The second kappa shape index (κ2) is 5.74. The zero-order valence-electron chi connectivity index (χ0n) is 14.2. The van der Waals surface area contributed by atoms with E-state index in [1.807, 2.05) is 18.2 Å². The molecule has 4 aromatic rings. The van der Waals surface area contributed by atoms with Gasteiger partial charge in [-0.25, -0.2) is 14.5 Å². The summed E-state index contributed by atoms with van der Waals surface area (Å²) in [7, 11) is 0. The van der Waals surface area contributed by atoms with Gasteiger partial charge in [0.15, 0.2) is 16.6 Å². The van der Waals surface area contributed by atoms with Crippen LogP contribution in [-0.4, -0.2) is 26.2 Å². The van der Waals surface area contributed by atoms with Crippen LogP contribution in [0, 0.1) is 5.41 Å². The van der Waals surface area contributed by atoms with Gasteiger partial charge in [-0.3, -0.25) is 0 Å². The van der Waals surface area contributed by atoms with Gasteiger partial charge in [-0.2, -0.15) is 5.10 Å². The van der Waals surface area contributed by atoms with Gasteiger partial charge in [0, 0.05) is 18.5 Å². The molecule has 0 spiro atoms. The Kier molecular flexibility index (Phi) is 3.65. The van der Waals surface area contributed by atoms with Crippen molar-refractivity contribution in [2.75, 3.05) is 6.61 Å². The van der Waals surface area contributed by atoms with Crippen molar-refractivity contribution in [3.63, 3.8) is 0 Å². The molecule has 0 aliphatic rings. The van der Waals surface area contributed by atoms with Crippen molar-refractivity contribution in [2.45, 2.75) is 20.8 Å². The smallest absolute Gasteiger partial charge is 0.224 e. The summed E-state index contributed by atoms with van der Waals surface area (Å²) in [6.45, 7) is 6.88. The molecule has 0 N–H and O–H groups in total. The van der Waals surface area contributed by atoms with Crippen LogP contribution in [0.2, 0.25) is 5.15 Å². The molecule has 0 amide bonds. The normalized spacial score (nSPS) is 12.2. The fourth-order valence-corrected chi connectivity index (χ4v) is 2.78. The molecule has 128 valence electrons. The number of fused-ring (bicyclic) bond motifs is 2. The summed E-state index contributed by atoms with van der Waals surface area (Å²) in [5, 5.41) is 5.43. The van der Waals surface area contributed by atoms with Gasteiger partial charge in [0.2, 0.25) is 5.88 Å². The van der Waals surface area contributed by atoms with Crippen molar-refractivity contribution < 1.29 is 9.15 Å². The van der Waals surface area contributed by atoms with E-state index in [1.54, 1.807) is 23.0 Å². The van der Waals surface area contributed by atoms with Crippen LogP contribution >= 0.6 is 11.6 Å². The van der Waals surface area contributed by atoms with Crippen molar-refractivity contribution >= 4 is 28.2 Å². The first kappa shape index (κ1) is 15.9. The summed E-state index contributed by atoms with van der Waals surface area (Å²) < 4.78 is 13.5. The van der Waals surface area contributed by atoms with Gasteiger partial charge >= 0.3 is 0 Å². The lowest BCUT2D eigenvalue weighted by atomic mass is 9.99. The number of aromatic nitrogens is 4. The van der Waals surface area contributed by atoms with E-state index in [0.29, 0.717) is 40.3 Å². The third-order valence-corrected chi connectivity index (χ3v) is 3.90. The SMILES string of the molecule is CC(C)(C)COc1nccc2oc(-c3c(Cl)nc4cccnn34)cc12. The molecule has 25 heavy (non-hydrogen) atoms. The Bertz CT molecular complexity index is 1060. The van der Waals surface area contributed by atoms with Crippen LogP contribution in [0.1, 0.15) is 20.8 Å². The van der Waals surface area contributed by atoms with Gasteiger partial charge in [0.1, 0.15) is 11.3 Å². The van der Waals surface area contributed by atoms with E-state index >= 15 is 0 Å². The van der Waals surface area contributed by atoms with E-state index in [1.165, 1.54) is 0 Å². The van der Waals surface area contributed by atoms with Crippen LogP contribution < -0.4 is 4.74 Å². The summed E-state index contributed by atoms with van der Waals surface area (Å²) in [5.41, 5.74) is 1.97. The van der Waals surface area contributed by atoms with Crippen LogP contribution in [0.15, 0.2) is 41.1 Å². The Morgan fingerprint density at radius 1 is 1.24 bits per heavy atom. The van der Waals surface area contributed by atoms with E-state index in [4.69, 9.17) is 20.8 Å². The minimum Gasteiger partial charge on any atom is -0.477 e. The number of furan rings is 1. The Balaban J connectivity index is 1.83. The van der Waals surface area contributed by atoms with Crippen LogP contribution in [0.25, 0.3) is 28.1 Å². The highest BCUT2D eigenvalue weighted by Crippen LogP contribution is 2.35. The second-order valence-corrected chi connectivity index (χ2v) is 7.39. The summed E-state index contributed by atoms with van der Waals surface area (Å²) >= 11 is 6.31. The molecule has 0 atom stereocenters. The maximum atomic E-state index is 6.31. The summed E-state index contributed by atoms with van der Waals surface area (Å²) in [6.07, 6.45) is 3.35. The largest absolute Gasteiger partial charge is 0.477 e. The molecular formula is C18H17ClN4O2. The minimum absolute atomic E-state index is 0.0330. The number of ether oxygens (including phenoxy) is 1. The second-order valence-electron chi connectivity index (χ2n) is 7.03. The van der Waals surface area contributed by atoms with Crippen LogP contribution in [0.5, 0.6) is 5.88 Å². The Labute approximate surface area is 149 Å². The van der Waals surface area contributed by atoms with E-state index in [9.17, 15) is 0 Å². The molecule has 0 aliphatic heterocycles. The van der Waals surface area contributed by atoms with Gasteiger partial charge in [-0.15, -0.1) is 0 Å². The van der Waals surface area contributed by atoms with Crippen LogP contribution in [0.4, 0.5) is 0 Å². The van der Waals surface area contributed by atoms with Crippen molar-refractivity contribution in [1.82, 2.24) is 19.6 Å². The molecule has 0 saturated heterocycles. The molecule has 7 heteroatoms. The number of halogens is 1. The molecule has 0 fully saturated rings. The van der Waals surface area contributed by atoms with Crippen molar-refractivity contribution in [3.05, 3.63) is 41.8 Å². The molecule has 4 rings (SSSR count). The fourth-order valence-electron chi connectivity index (χ4n) is 2.52. The zero-order valence-corrected chi connectivity index (χ0v) is 14.9. The van der Waals surface area contributed by atoms with E-state index in [2.05, 4.69) is 35.8 Å². The van der Waals surface area contributed by atoms with Crippen LogP contribution in [0.3, 0.4) is 0 Å². The first-order chi connectivity index (χ1) is 11.9. The fraction of sp³-hybridized carbons (Fsp3) is 0.278. The first-order valence-corrected chi connectivity index (χ1v) is 8.31. The van der Waals surface area contributed by atoms with E-state index in [0.717, 1.165) is 5.39 Å².